The van der Waals surface area contributed by atoms with Crippen molar-refractivity contribution in [3.8, 4) is 0 Å². The lowest BCUT2D eigenvalue weighted by Crippen LogP contribution is -2.17. The summed E-state index contributed by atoms with van der Waals surface area (Å²) in [4.78, 5) is 0. The molecule has 0 aliphatic carbocycles. The van der Waals surface area contributed by atoms with Crippen LogP contribution in [0.2, 0.25) is 0 Å². The van der Waals surface area contributed by atoms with Gasteiger partial charge in [0.25, 0.3) is 0 Å². The van der Waals surface area contributed by atoms with Gasteiger partial charge in [0.2, 0.25) is 0 Å². The molecule has 2 unspecified atom stereocenters. The molecule has 0 bridgehead atoms. The van der Waals surface area contributed by atoms with Gasteiger partial charge in [-0.1, -0.05) is 115 Å². The molecule has 3 aromatic carbocycles. The predicted molar refractivity (Wildman–Crippen MR) is 146 cm³/mol. The first-order valence-corrected chi connectivity index (χ1v) is 17.2. The van der Waals surface area contributed by atoms with Crippen LogP contribution in [0.5, 0.6) is 0 Å². The van der Waals surface area contributed by atoms with E-state index >= 15 is 0 Å². The molecular weight excluding hydrogens is 437 g/mol. The van der Waals surface area contributed by atoms with Gasteiger partial charge in [0.15, 0.2) is 0 Å². The average molecular weight is 469 g/mol. The zero-order valence-electron chi connectivity index (χ0n) is 17.6. The van der Waals surface area contributed by atoms with Crippen LogP contribution in [0.15, 0.2) is 91.0 Å². The van der Waals surface area contributed by atoms with Crippen LogP contribution in [0.3, 0.4) is 0 Å². The van der Waals surface area contributed by atoms with Gasteiger partial charge in [-0.25, -0.2) is 0 Å². The summed E-state index contributed by atoms with van der Waals surface area (Å²) in [5.41, 5.74) is 0. The molecule has 1 heterocycles. The molecule has 0 aromatic heterocycles. The number of hydrogen-bond acceptors (Lipinski definition) is 1. The fourth-order valence-electron chi connectivity index (χ4n) is 3.96. The van der Waals surface area contributed by atoms with E-state index in [9.17, 15) is 0 Å². The highest BCUT2D eigenvalue weighted by Crippen LogP contribution is 2.46. The molecule has 1 aliphatic heterocycles. The Morgan fingerprint density at radius 3 is 1.03 bits per heavy atom. The highest BCUT2D eigenvalue weighted by Gasteiger charge is 2.20. The SMILES string of the molecule is c1ccc(P2CCSCCP(c3ccccc3)CCP(c3ccccc3)CC2)cc1. The maximum absolute atomic E-state index is 2.39. The summed E-state index contributed by atoms with van der Waals surface area (Å²) in [6, 6.07) is 34.2. The van der Waals surface area contributed by atoms with E-state index in [-0.39, 0.29) is 23.8 Å². The number of hydrogen-bond donors (Lipinski definition) is 0. The van der Waals surface area contributed by atoms with Crippen LogP contribution in [0.25, 0.3) is 0 Å². The van der Waals surface area contributed by atoms with Gasteiger partial charge in [-0.05, 0) is 64.4 Å². The van der Waals surface area contributed by atoms with E-state index in [1.54, 1.807) is 15.9 Å². The third-order valence-electron chi connectivity index (χ3n) is 5.65. The maximum Gasteiger partial charge on any atom is -0.00250 e. The van der Waals surface area contributed by atoms with Crippen molar-refractivity contribution in [2.45, 2.75) is 0 Å². The molecule has 3 aromatic rings. The second kappa shape index (κ2) is 12.4. The molecule has 0 nitrogen and oxygen atoms in total. The number of benzene rings is 3. The quantitative estimate of drug-likeness (QED) is 0.415. The van der Waals surface area contributed by atoms with Crippen LogP contribution in [-0.2, 0) is 0 Å². The van der Waals surface area contributed by atoms with Crippen molar-refractivity contribution in [3.05, 3.63) is 91.0 Å². The average Bonchev–Trinajstić information content (AvgIpc) is 2.81. The molecule has 2 atom stereocenters. The molecule has 0 saturated carbocycles. The minimum Gasteiger partial charge on any atom is -0.161 e. The molecular formula is C26H31P3S. The highest BCUT2D eigenvalue weighted by atomic mass is 32.2. The lowest BCUT2D eigenvalue weighted by molar-refractivity contribution is 1.37. The van der Waals surface area contributed by atoms with Crippen LogP contribution in [0.4, 0.5) is 0 Å². The largest absolute Gasteiger partial charge is 0.161 e. The van der Waals surface area contributed by atoms with Gasteiger partial charge < -0.3 is 0 Å². The van der Waals surface area contributed by atoms with Gasteiger partial charge in [0.1, 0.15) is 0 Å². The summed E-state index contributed by atoms with van der Waals surface area (Å²) in [6.45, 7) is 0. The molecule has 1 fully saturated rings. The Bertz CT molecular complexity index is 804. The van der Waals surface area contributed by atoms with Crippen molar-refractivity contribution in [2.24, 2.45) is 0 Å². The zero-order chi connectivity index (χ0) is 20.4. The molecule has 0 N–H and O–H groups in total. The van der Waals surface area contributed by atoms with Crippen LogP contribution >= 0.6 is 35.5 Å². The summed E-state index contributed by atoms with van der Waals surface area (Å²) in [5, 5.41) is 4.84. The van der Waals surface area contributed by atoms with E-state index < -0.39 is 0 Å². The molecule has 0 spiro atoms. The Labute approximate surface area is 190 Å². The van der Waals surface area contributed by atoms with Crippen LogP contribution in [0.1, 0.15) is 0 Å². The van der Waals surface area contributed by atoms with E-state index in [2.05, 4.69) is 103 Å². The minimum atomic E-state index is -0.0683. The second-order valence-electron chi connectivity index (χ2n) is 7.58. The molecule has 156 valence electrons. The van der Waals surface area contributed by atoms with E-state index in [1.807, 2.05) is 0 Å². The number of thioether (sulfide) groups is 1. The molecule has 30 heavy (non-hydrogen) atoms. The molecule has 1 aliphatic rings. The zero-order valence-corrected chi connectivity index (χ0v) is 21.1. The molecule has 0 radical (unpaired) electrons. The summed E-state index contributed by atoms with van der Waals surface area (Å²) in [7, 11) is -0.130. The van der Waals surface area contributed by atoms with Gasteiger partial charge in [-0.2, -0.15) is 11.8 Å². The molecule has 1 saturated heterocycles. The molecule has 4 heteroatoms. The van der Waals surface area contributed by atoms with Gasteiger partial charge >= 0.3 is 0 Å². The summed E-state index contributed by atoms with van der Waals surface area (Å²) in [6.07, 6.45) is 8.33. The van der Waals surface area contributed by atoms with Crippen molar-refractivity contribution in [1.82, 2.24) is 0 Å². The van der Waals surface area contributed by atoms with Gasteiger partial charge in [0.05, 0.1) is 0 Å². The van der Waals surface area contributed by atoms with Crippen LogP contribution in [-0.4, -0.2) is 48.5 Å². The fourth-order valence-corrected chi connectivity index (χ4v) is 14.8. The van der Waals surface area contributed by atoms with E-state index in [1.165, 1.54) is 48.5 Å². The van der Waals surface area contributed by atoms with Crippen molar-refractivity contribution in [3.63, 3.8) is 0 Å². The first-order chi connectivity index (χ1) is 14.9. The standard InChI is InChI=1S/C26H31P3S/c1-4-10-24(11-5-1)27-16-18-28(25-12-6-2-7-13-25)20-22-30-23-21-29(19-17-27)26-14-8-3-9-15-26/h1-15H,16-23H2. The van der Waals surface area contributed by atoms with Crippen LogP contribution < -0.4 is 15.9 Å². The van der Waals surface area contributed by atoms with Crippen molar-refractivity contribution < 1.29 is 0 Å². The van der Waals surface area contributed by atoms with Gasteiger partial charge in [-0.15, -0.1) is 0 Å². The molecule has 0 amide bonds. The lowest BCUT2D eigenvalue weighted by Gasteiger charge is -2.27. The third kappa shape index (κ3) is 6.65. The normalized spacial score (nSPS) is 23.8. The highest BCUT2D eigenvalue weighted by molar-refractivity contribution is 8.00. The number of rotatable bonds is 3. The predicted octanol–water partition coefficient (Wildman–Crippen LogP) is 6.16. The smallest absolute Gasteiger partial charge is 0.00250 e. The maximum atomic E-state index is 2.39. The monoisotopic (exact) mass is 468 g/mol. The van der Waals surface area contributed by atoms with E-state index in [0.29, 0.717) is 0 Å². The lowest BCUT2D eigenvalue weighted by atomic mass is 10.4. The Hall–Kier alpha value is -0.700. The van der Waals surface area contributed by atoms with Crippen molar-refractivity contribution >= 4 is 51.4 Å². The van der Waals surface area contributed by atoms with Gasteiger partial charge in [-0.3, -0.25) is 0 Å². The van der Waals surface area contributed by atoms with Crippen molar-refractivity contribution in [2.75, 3.05) is 48.5 Å². The summed E-state index contributed by atoms with van der Waals surface area (Å²) < 4.78 is 0. The second-order valence-corrected chi connectivity index (χ2v) is 16.3. The Balaban J connectivity index is 1.53. The first kappa shape index (κ1) is 22.5. The topological polar surface area (TPSA) is 0 Å². The first-order valence-electron chi connectivity index (χ1n) is 10.9. The van der Waals surface area contributed by atoms with Crippen molar-refractivity contribution in [1.29, 1.82) is 0 Å². The van der Waals surface area contributed by atoms with Crippen LogP contribution in [0, 0.1) is 0 Å². The summed E-state index contributed by atoms with van der Waals surface area (Å²) >= 11 is 2.20. The molecule has 4 rings (SSSR count). The van der Waals surface area contributed by atoms with E-state index in [4.69, 9.17) is 0 Å². The summed E-state index contributed by atoms with van der Waals surface area (Å²) in [5.74, 6) is 2.64. The Morgan fingerprint density at radius 1 is 0.400 bits per heavy atom. The minimum absolute atomic E-state index is 0.0311. The van der Waals surface area contributed by atoms with E-state index in [0.717, 1.165) is 0 Å². The Kier molecular flexibility index (Phi) is 9.27. The van der Waals surface area contributed by atoms with Gasteiger partial charge in [0, 0.05) is 0 Å². The third-order valence-corrected chi connectivity index (χ3v) is 15.6. The Morgan fingerprint density at radius 2 is 0.700 bits per heavy atom. The fraction of sp³-hybridized carbons (Fsp3) is 0.308.